The third-order valence-corrected chi connectivity index (χ3v) is 2.53. The molecule has 2 rings (SSSR count). The predicted molar refractivity (Wildman–Crippen MR) is 60.5 cm³/mol. The third kappa shape index (κ3) is 1.69. The van der Waals surface area contributed by atoms with E-state index in [0.717, 1.165) is 22.5 Å². The fraction of sp³-hybridized carbons (Fsp3) is 0.167. The molecule has 0 spiro atoms. The number of carboxylic acid groups (broad SMARTS) is 1. The second kappa shape index (κ2) is 3.81. The van der Waals surface area contributed by atoms with Gasteiger partial charge in [-0.3, -0.25) is 5.10 Å². The highest BCUT2D eigenvalue weighted by Gasteiger charge is 2.10. The maximum Gasteiger partial charge on any atom is 0.335 e. The van der Waals surface area contributed by atoms with Gasteiger partial charge < -0.3 is 5.11 Å². The molecule has 2 aromatic rings. The summed E-state index contributed by atoms with van der Waals surface area (Å²) < 4.78 is 0. The number of rotatable bonds is 2. The van der Waals surface area contributed by atoms with Gasteiger partial charge in [0.15, 0.2) is 0 Å². The van der Waals surface area contributed by atoms with Crippen LogP contribution in [0, 0.1) is 13.8 Å². The quantitative estimate of drug-likeness (QED) is 0.810. The van der Waals surface area contributed by atoms with Crippen molar-refractivity contribution in [3.05, 3.63) is 41.2 Å². The zero-order valence-corrected chi connectivity index (χ0v) is 9.11. The Hall–Kier alpha value is -2.10. The number of benzene rings is 1. The minimum absolute atomic E-state index is 0.289. The molecule has 2 N–H and O–H groups in total. The van der Waals surface area contributed by atoms with Crippen molar-refractivity contribution in [1.82, 2.24) is 10.2 Å². The van der Waals surface area contributed by atoms with Crippen LogP contribution in [0.25, 0.3) is 11.1 Å². The number of hydrogen-bond acceptors (Lipinski definition) is 2. The van der Waals surface area contributed by atoms with Gasteiger partial charge in [0.2, 0.25) is 0 Å². The van der Waals surface area contributed by atoms with Crippen LogP contribution in [-0.4, -0.2) is 21.3 Å². The lowest BCUT2D eigenvalue weighted by atomic mass is 10.0. The van der Waals surface area contributed by atoms with E-state index in [4.69, 9.17) is 5.11 Å². The number of nitrogens with one attached hydrogen (secondary N) is 1. The number of carbonyl (C=O) groups is 1. The molecule has 1 aromatic heterocycles. The molecule has 0 aliphatic heterocycles. The fourth-order valence-electron chi connectivity index (χ4n) is 1.78. The first-order valence-corrected chi connectivity index (χ1v) is 4.95. The summed E-state index contributed by atoms with van der Waals surface area (Å²) in [5.41, 5.74) is 3.96. The SMILES string of the molecule is Cc1n[nH]c(C)c1-c1cccc(C(=O)O)c1. The number of nitrogens with zero attached hydrogens (tertiary/aromatic N) is 1. The van der Waals surface area contributed by atoms with E-state index in [2.05, 4.69) is 10.2 Å². The molecule has 0 saturated carbocycles. The van der Waals surface area contributed by atoms with Crippen LogP contribution in [-0.2, 0) is 0 Å². The van der Waals surface area contributed by atoms with Crippen LogP contribution in [0.1, 0.15) is 21.7 Å². The topological polar surface area (TPSA) is 66.0 Å². The molecule has 0 amide bonds. The second-order valence-electron chi connectivity index (χ2n) is 3.69. The first kappa shape index (κ1) is 10.4. The number of H-pyrrole nitrogens is 1. The molecular weight excluding hydrogens is 204 g/mol. The first-order valence-electron chi connectivity index (χ1n) is 4.95. The van der Waals surface area contributed by atoms with Crippen molar-refractivity contribution in [3.63, 3.8) is 0 Å². The minimum atomic E-state index is -0.916. The molecule has 16 heavy (non-hydrogen) atoms. The van der Waals surface area contributed by atoms with Gasteiger partial charge in [-0.05, 0) is 31.5 Å². The van der Waals surface area contributed by atoms with Gasteiger partial charge in [0.1, 0.15) is 0 Å². The van der Waals surface area contributed by atoms with Crippen LogP contribution in [0.2, 0.25) is 0 Å². The van der Waals surface area contributed by atoms with Crippen LogP contribution in [0.15, 0.2) is 24.3 Å². The summed E-state index contributed by atoms with van der Waals surface area (Å²) in [6.07, 6.45) is 0. The van der Waals surface area contributed by atoms with Gasteiger partial charge in [-0.1, -0.05) is 12.1 Å². The average molecular weight is 216 g/mol. The van der Waals surface area contributed by atoms with E-state index >= 15 is 0 Å². The van der Waals surface area contributed by atoms with Crippen LogP contribution < -0.4 is 0 Å². The Balaban J connectivity index is 2.57. The van der Waals surface area contributed by atoms with E-state index in [9.17, 15) is 4.79 Å². The van der Waals surface area contributed by atoms with Crippen molar-refractivity contribution in [2.75, 3.05) is 0 Å². The maximum absolute atomic E-state index is 10.9. The predicted octanol–water partition coefficient (Wildman–Crippen LogP) is 2.39. The molecule has 82 valence electrons. The highest BCUT2D eigenvalue weighted by Crippen LogP contribution is 2.25. The Morgan fingerprint density at radius 3 is 2.69 bits per heavy atom. The van der Waals surface area contributed by atoms with Gasteiger partial charge in [-0.15, -0.1) is 0 Å². The van der Waals surface area contributed by atoms with E-state index in [1.807, 2.05) is 19.9 Å². The Bertz CT molecular complexity index is 524. The molecule has 0 unspecified atom stereocenters. The molecule has 0 fully saturated rings. The minimum Gasteiger partial charge on any atom is -0.478 e. The molecule has 0 aliphatic carbocycles. The largest absolute Gasteiger partial charge is 0.478 e. The van der Waals surface area contributed by atoms with Crippen LogP contribution >= 0.6 is 0 Å². The van der Waals surface area contributed by atoms with Gasteiger partial charge >= 0.3 is 5.97 Å². The molecule has 0 radical (unpaired) electrons. The van der Waals surface area contributed by atoms with Gasteiger partial charge in [0, 0.05) is 11.3 Å². The summed E-state index contributed by atoms with van der Waals surface area (Å²) in [5, 5.41) is 15.9. The normalized spacial score (nSPS) is 10.4. The molecule has 1 aromatic carbocycles. The average Bonchev–Trinajstić information content (AvgIpc) is 2.59. The van der Waals surface area contributed by atoms with Crippen LogP contribution in [0.4, 0.5) is 0 Å². The van der Waals surface area contributed by atoms with Gasteiger partial charge in [-0.2, -0.15) is 5.10 Å². The second-order valence-corrected chi connectivity index (χ2v) is 3.69. The maximum atomic E-state index is 10.9. The fourth-order valence-corrected chi connectivity index (χ4v) is 1.78. The van der Waals surface area contributed by atoms with Crippen LogP contribution in [0.5, 0.6) is 0 Å². The smallest absolute Gasteiger partial charge is 0.335 e. The number of aromatic carboxylic acids is 1. The summed E-state index contributed by atoms with van der Waals surface area (Å²) in [6.45, 7) is 3.81. The molecular formula is C12H12N2O2. The number of carboxylic acids is 1. The van der Waals surface area contributed by atoms with Crippen molar-refractivity contribution in [1.29, 1.82) is 0 Å². The lowest BCUT2D eigenvalue weighted by Crippen LogP contribution is -1.96. The molecule has 0 bridgehead atoms. The molecule has 0 atom stereocenters. The molecule has 4 heteroatoms. The monoisotopic (exact) mass is 216 g/mol. The Morgan fingerprint density at radius 1 is 1.38 bits per heavy atom. The van der Waals surface area contributed by atoms with E-state index in [0.29, 0.717) is 0 Å². The summed E-state index contributed by atoms with van der Waals surface area (Å²) in [5.74, 6) is -0.916. The zero-order chi connectivity index (χ0) is 11.7. The van der Waals surface area contributed by atoms with E-state index in [1.54, 1.807) is 18.2 Å². The van der Waals surface area contributed by atoms with Crippen molar-refractivity contribution in [3.8, 4) is 11.1 Å². The Labute approximate surface area is 92.9 Å². The van der Waals surface area contributed by atoms with E-state index < -0.39 is 5.97 Å². The van der Waals surface area contributed by atoms with E-state index in [-0.39, 0.29) is 5.56 Å². The van der Waals surface area contributed by atoms with Crippen LogP contribution in [0.3, 0.4) is 0 Å². The van der Waals surface area contributed by atoms with Gasteiger partial charge in [0.25, 0.3) is 0 Å². The number of hydrogen-bond donors (Lipinski definition) is 2. The summed E-state index contributed by atoms with van der Waals surface area (Å²) in [4.78, 5) is 10.9. The third-order valence-electron chi connectivity index (χ3n) is 2.53. The molecule has 0 aliphatic rings. The summed E-state index contributed by atoms with van der Waals surface area (Å²) in [6, 6.07) is 6.87. The highest BCUT2D eigenvalue weighted by molar-refractivity contribution is 5.89. The Kier molecular flexibility index (Phi) is 2.48. The van der Waals surface area contributed by atoms with Gasteiger partial charge in [0.05, 0.1) is 11.3 Å². The van der Waals surface area contributed by atoms with E-state index in [1.165, 1.54) is 0 Å². The first-order chi connectivity index (χ1) is 7.59. The van der Waals surface area contributed by atoms with Crippen molar-refractivity contribution in [2.45, 2.75) is 13.8 Å². The van der Waals surface area contributed by atoms with Crippen molar-refractivity contribution in [2.24, 2.45) is 0 Å². The van der Waals surface area contributed by atoms with Crippen molar-refractivity contribution < 1.29 is 9.90 Å². The number of aryl methyl sites for hydroxylation is 2. The lowest BCUT2D eigenvalue weighted by Gasteiger charge is -2.02. The Morgan fingerprint density at radius 2 is 2.12 bits per heavy atom. The van der Waals surface area contributed by atoms with Crippen molar-refractivity contribution >= 4 is 5.97 Å². The number of aromatic amines is 1. The lowest BCUT2D eigenvalue weighted by molar-refractivity contribution is 0.0697. The zero-order valence-electron chi connectivity index (χ0n) is 9.11. The summed E-state index contributed by atoms with van der Waals surface area (Å²) in [7, 11) is 0. The summed E-state index contributed by atoms with van der Waals surface area (Å²) >= 11 is 0. The standard InChI is InChI=1S/C12H12N2O2/c1-7-11(8(2)14-13-7)9-4-3-5-10(6-9)12(15)16/h3-6H,1-2H3,(H,13,14)(H,15,16). The highest BCUT2D eigenvalue weighted by atomic mass is 16.4. The molecule has 0 saturated heterocycles. The number of aromatic nitrogens is 2. The van der Waals surface area contributed by atoms with Gasteiger partial charge in [-0.25, -0.2) is 4.79 Å². The molecule has 4 nitrogen and oxygen atoms in total. The molecule has 1 heterocycles.